The molecule has 0 radical (unpaired) electrons. The molecule has 1 amide bonds. The maximum atomic E-state index is 12.3. The van der Waals surface area contributed by atoms with Crippen LogP contribution < -0.4 is 5.32 Å². The lowest BCUT2D eigenvalue weighted by molar-refractivity contribution is -0.385. The molecule has 2 aromatic carbocycles. The summed E-state index contributed by atoms with van der Waals surface area (Å²) < 4.78 is 5.19. The third kappa shape index (κ3) is 2.87. The van der Waals surface area contributed by atoms with E-state index in [1.807, 2.05) is 30.3 Å². The van der Waals surface area contributed by atoms with Crippen molar-refractivity contribution in [3.8, 4) is 11.3 Å². The van der Waals surface area contributed by atoms with E-state index in [-0.39, 0.29) is 17.1 Å². The zero-order chi connectivity index (χ0) is 17.1. The van der Waals surface area contributed by atoms with Crippen LogP contribution in [0, 0.1) is 17.0 Å². The van der Waals surface area contributed by atoms with Gasteiger partial charge in [-0.15, -0.1) is 0 Å². The first kappa shape index (κ1) is 15.4. The Morgan fingerprint density at radius 3 is 2.50 bits per heavy atom. The van der Waals surface area contributed by atoms with E-state index >= 15 is 0 Å². The number of hydrogen-bond donors (Lipinski definition) is 1. The molecule has 1 heterocycles. The largest absolute Gasteiger partial charge is 0.338 e. The summed E-state index contributed by atoms with van der Waals surface area (Å²) in [5.74, 6) is -0.460. The highest BCUT2D eigenvalue weighted by molar-refractivity contribution is 6.06. The van der Waals surface area contributed by atoms with E-state index in [0.717, 1.165) is 5.56 Å². The van der Waals surface area contributed by atoms with E-state index in [1.54, 1.807) is 13.0 Å². The molecule has 0 aliphatic rings. The van der Waals surface area contributed by atoms with Crippen molar-refractivity contribution in [3.63, 3.8) is 0 Å². The van der Waals surface area contributed by atoms with Gasteiger partial charge >= 0.3 is 0 Å². The van der Waals surface area contributed by atoms with Crippen LogP contribution in [-0.4, -0.2) is 16.0 Å². The SMILES string of the molecule is Cc1c(-c2ccccc2)noc1NC(=O)c1ccccc1[N+](=O)[O-]. The molecule has 0 fully saturated rings. The summed E-state index contributed by atoms with van der Waals surface area (Å²) >= 11 is 0. The Morgan fingerprint density at radius 2 is 1.79 bits per heavy atom. The monoisotopic (exact) mass is 323 g/mol. The number of carbonyl (C=O) groups excluding carboxylic acids is 1. The molecule has 24 heavy (non-hydrogen) atoms. The van der Waals surface area contributed by atoms with Gasteiger partial charge in [0.25, 0.3) is 11.6 Å². The molecule has 7 heteroatoms. The van der Waals surface area contributed by atoms with E-state index in [0.29, 0.717) is 11.3 Å². The molecular weight excluding hydrogens is 310 g/mol. The van der Waals surface area contributed by atoms with Crippen molar-refractivity contribution in [2.24, 2.45) is 0 Å². The Hall–Kier alpha value is -3.48. The molecule has 0 saturated carbocycles. The molecule has 0 bridgehead atoms. The minimum atomic E-state index is -0.624. The Morgan fingerprint density at radius 1 is 1.12 bits per heavy atom. The zero-order valence-electron chi connectivity index (χ0n) is 12.7. The van der Waals surface area contributed by atoms with Crippen LogP contribution >= 0.6 is 0 Å². The third-order valence-corrected chi connectivity index (χ3v) is 3.54. The second kappa shape index (κ2) is 6.33. The Balaban J connectivity index is 1.89. The first-order valence-corrected chi connectivity index (χ1v) is 7.14. The highest BCUT2D eigenvalue weighted by Crippen LogP contribution is 2.28. The number of nitrogens with one attached hydrogen (secondary N) is 1. The van der Waals surface area contributed by atoms with Crippen molar-refractivity contribution in [1.29, 1.82) is 0 Å². The van der Waals surface area contributed by atoms with Gasteiger partial charge in [0, 0.05) is 17.2 Å². The molecule has 0 aliphatic carbocycles. The number of aromatic nitrogens is 1. The van der Waals surface area contributed by atoms with Gasteiger partial charge in [0.15, 0.2) is 0 Å². The van der Waals surface area contributed by atoms with E-state index in [2.05, 4.69) is 10.5 Å². The topological polar surface area (TPSA) is 98.3 Å². The number of nitrogens with zero attached hydrogens (tertiary/aromatic N) is 2. The minimum absolute atomic E-state index is 0.0421. The third-order valence-electron chi connectivity index (χ3n) is 3.54. The number of hydrogen-bond acceptors (Lipinski definition) is 5. The molecular formula is C17H13N3O4. The van der Waals surface area contributed by atoms with Gasteiger partial charge in [0.1, 0.15) is 11.3 Å². The molecule has 0 unspecified atom stereocenters. The molecule has 120 valence electrons. The zero-order valence-corrected chi connectivity index (χ0v) is 12.7. The van der Waals surface area contributed by atoms with Crippen LogP contribution in [-0.2, 0) is 0 Å². The lowest BCUT2D eigenvalue weighted by Gasteiger charge is -2.03. The van der Waals surface area contributed by atoms with Crippen LogP contribution in [0.25, 0.3) is 11.3 Å². The quantitative estimate of drug-likeness (QED) is 0.581. The minimum Gasteiger partial charge on any atom is -0.338 e. The fourth-order valence-electron chi connectivity index (χ4n) is 2.31. The van der Waals surface area contributed by atoms with Crippen molar-refractivity contribution >= 4 is 17.5 Å². The number of amides is 1. The summed E-state index contributed by atoms with van der Waals surface area (Å²) in [5.41, 5.74) is 1.79. The van der Waals surface area contributed by atoms with Crippen molar-refractivity contribution in [2.75, 3.05) is 5.32 Å². The summed E-state index contributed by atoms with van der Waals surface area (Å²) in [4.78, 5) is 22.8. The van der Waals surface area contributed by atoms with E-state index in [4.69, 9.17) is 4.52 Å². The second-order valence-electron chi connectivity index (χ2n) is 5.08. The van der Waals surface area contributed by atoms with Gasteiger partial charge < -0.3 is 4.52 Å². The highest BCUT2D eigenvalue weighted by atomic mass is 16.6. The van der Waals surface area contributed by atoms with Crippen molar-refractivity contribution in [3.05, 3.63) is 75.8 Å². The van der Waals surface area contributed by atoms with Crippen LogP contribution in [0.15, 0.2) is 59.1 Å². The van der Waals surface area contributed by atoms with Gasteiger partial charge in [-0.2, -0.15) is 0 Å². The van der Waals surface area contributed by atoms with Crippen LogP contribution in [0.4, 0.5) is 11.6 Å². The van der Waals surface area contributed by atoms with E-state index in [9.17, 15) is 14.9 Å². The second-order valence-corrected chi connectivity index (χ2v) is 5.08. The molecule has 0 atom stereocenters. The van der Waals surface area contributed by atoms with Gasteiger partial charge in [0.2, 0.25) is 5.88 Å². The van der Waals surface area contributed by atoms with Gasteiger partial charge in [0.05, 0.1) is 4.92 Å². The first-order chi connectivity index (χ1) is 11.6. The fourth-order valence-corrected chi connectivity index (χ4v) is 2.31. The summed E-state index contributed by atoms with van der Waals surface area (Å²) in [7, 11) is 0. The first-order valence-electron chi connectivity index (χ1n) is 7.14. The van der Waals surface area contributed by atoms with Crippen molar-refractivity contribution in [1.82, 2.24) is 5.16 Å². The van der Waals surface area contributed by atoms with Gasteiger partial charge in [-0.05, 0) is 13.0 Å². The van der Waals surface area contributed by atoms with Crippen LogP contribution in [0.1, 0.15) is 15.9 Å². The van der Waals surface area contributed by atoms with Gasteiger partial charge in [-0.1, -0.05) is 47.6 Å². The highest BCUT2D eigenvalue weighted by Gasteiger charge is 2.22. The predicted octanol–water partition coefficient (Wildman–Crippen LogP) is 3.81. The molecule has 1 aromatic heterocycles. The molecule has 3 aromatic rings. The number of para-hydroxylation sites is 1. The number of carbonyl (C=O) groups is 1. The molecule has 3 rings (SSSR count). The van der Waals surface area contributed by atoms with E-state index < -0.39 is 10.8 Å². The standard InChI is InChI=1S/C17H13N3O4/c1-11-15(12-7-3-2-4-8-12)19-24-17(11)18-16(21)13-9-5-6-10-14(13)20(22)23/h2-10H,1H3,(H,18,21). The Kier molecular flexibility index (Phi) is 4.07. The lowest BCUT2D eigenvalue weighted by Crippen LogP contribution is -2.14. The Bertz CT molecular complexity index is 903. The number of nitro groups is 1. The number of benzene rings is 2. The number of nitro benzene ring substituents is 1. The maximum absolute atomic E-state index is 12.3. The average Bonchev–Trinajstić information content (AvgIpc) is 2.96. The summed E-state index contributed by atoms with van der Waals surface area (Å²) in [6.45, 7) is 1.76. The summed E-state index contributed by atoms with van der Waals surface area (Å²) in [5, 5.41) is 17.5. The van der Waals surface area contributed by atoms with Gasteiger partial charge in [-0.3, -0.25) is 20.2 Å². The predicted molar refractivity (Wildman–Crippen MR) is 87.7 cm³/mol. The van der Waals surface area contributed by atoms with Crippen LogP contribution in [0.5, 0.6) is 0 Å². The molecule has 7 nitrogen and oxygen atoms in total. The molecule has 1 N–H and O–H groups in total. The van der Waals surface area contributed by atoms with Crippen LogP contribution in [0.2, 0.25) is 0 Å². The smallest absolute Gasteiger partial charge is 0.282 e. The maximum Gasteiger partial charge on any atom is 0.282 e. The van der Waals surface area contributed by atoms with Gasteiger partial charge in [-0.25, -0.2) is 0 Å². The molecule has 0 aliphatic heterocycles. The van der Waals surface area contributed by atoms with Crippen LogP contribution in [0.3, 0.4) is 0 Å². The Labute approximate surface area is 137 Å². The summed E-state index contributed by atoms with van der Waals surface area (Å²) in [6.07, 6.45) is 0. The molecule has 0 saturated heterocycles. The van der Waals surface area contributed by atoms with Crippen molar-refractivity contribution < 1.29 is 14.2 Å². The fraction of sp³-hybridized carbons (Fsp3) is 0.0588. The van der Waals surface area contributed by atoms with Crippen molar-refractivity contribution in [2.45, 2.75) is 6.92 Å². The lowest BCUT2D eigenvalue weighted by atomic mass is 10.1. The normalized spacial score (nSPS) is 10.4. The number of rotatable bonds is 4. The average molecular weight is 323 g/mol. The number of anilines is 1. The molecule has 0 spiro atoms. The van der Waals surface area contributed by atoms with E-state index in [1.165, 1.54) is 18.2 Å². The summed E-state index contributed by atoms with van der Waals surface area (Å²) in [6, 6.07) is 15.1.